The molecule has 0 bridgehead atoms. The molecule has 0 N–H and O–H groups in total. The van der Waals surface area contributed by atoms with Crippen LogP contribution < -0.4 is 0 Å². The van der Waals surface area contributed by atoms with Crippen LogP contribution in [0, 0.1) is 0 Å². The van der Waals surface area contributed by atoms with E-state index in [1.54, 1.807) is 0 Å². The average molecular weight is 240 g/mol. The van der Waals surface area contributed by atoms with Gasteiger partial charge in [-0.3, -0.25) is 0 Å². The van der Waals surface area contributed by atoms with E-state index in [4.69, 9.17) is 18.9 Å². The highest BCUT2D eigenvalue weighted by molar-refractivity contribution is 4.87. The first-order valence-electron chi connectivity index (χ1n) is 6.16. The molecule has 0 aromatic carbocycles. The molecular weight excluding hydrogens is 220 g/mol. The normalized spacial score (nSPS) is 28.2. The lowest BCUT2D eigenvalue weighted by Crippen LogP contribution is -2.08. The molecule has 96 valence electrons. The molecule has 2 atom stereocenters. The Balaban J connectivity index is 1.46. The molecule has 0 aromatic rings. The molecule has 2 heterocycles. The quantitative estimate of drug-likeness (QED) is 0.669. The molecule has 2 unspecified atom stereocenters. The summed E-state index contributed by atoms with van der Waals surface area (Å²) in [5, 5.41) is 0. The zero-order chi connectivity index (χ0) is 12.1. The van der Waals surface area contributed by atoms with Crippen molar-refractivity contribution in [2.45, 2.75) is 44.7 Å². The highest BCUT2D eigenvalue weighted by Gasteiger charge is 2.20. The molecule has 2 aliphatic rings. The molecule has 0 radical (unpaired) electrons. The summed E-state index contributed by atoms with van der Waals surface area (Å²) in [6.45, 7) is 8.52. The Morgan fingerprint density at radius 2 is 1.29 bits per heavy atom. The third-order valence-electron chi connectivity index (χ3n) is 2.84. The second kappa shape index (κ2) is 6.07. The average Bonchev–Trinajstić information content (AvgIpc) is 2.88. The van der Waals surface area contributed by atoms with Crippen LogP contribution in [0.5, 0.6) is 0 Å². The zero-order valence-corrected chi connectivity index (χ0v) is 10.2. The van der Waals surface area contributed by atoms with Crippen molar-refractivity contribution in [3.63, 3.8) is 0 Å². The minimum Gasteiger partial charge on any atom is -0.467 e. The van der Waals surface area contributed by atoms with E-state index in [2.05, 4.69) is 13.2 Å². The summed E-state index contributed by atoms with van der Waals surface area (Å²) in [5.74, 6) is 1.47. The number of hydrogen-bond donors (Lipinski definition) is 0. The third-order valence-corrected chi connectivity index (χ3v) is 2.84. The molecule has 4 nitrogen and oxygen atoms in total. The van der Waals surface area contributed by atoms with E-state index in [1.165, 1.54) is 0 Å². The summed E-state index contributed by atoms with van der Waals surface area (Å²) in [4.78, 5) is 0. The first-order valence-corrected chi connectivity index (χ1v) is 6.16. The largest absolute Gasteiger partial charge is 0.467 e. The fourth-order valence-electron chi connectivity index (χ4n) is 1.96. The topological polar surface area (TPSA) is 36.9 Å². The van der Waals surface area contributed by atoms with Gasteiger partial charge in [-0.05, 0) is 12.8 Å². The highest BCUT2D eigenvalue weighted by atomic mass is 16.7. The van der Waals surface area contributed by atoms with Gasteiger partial charge in [-0.1, -0.05) is 19.6 Å². The van der Waals surface area contributed by atoms with Gasteiger partial charge >= 0.3 is 0 Å². The van der Waals surface area contributed by atoms with Crippen LogP contribution in [-0.4, -0.2) is 25.8 Å². The molecule has 2 rings (SSSR count). The SMILES string of the molecule is C=C1COC(CCCCCC2OCC(=C)O2)O1. The van der Waals surface area contributed by atoms with E-state index in [1.807, 2.05) is 0 Å². The van der Waals surface area contributed by atoms with Gasteiger partial charge in [-0.15, -0.1) is 0 Å². The van der Waals surface area contributed by atoms with Gasteiger partial charge in [0.15, 0.2) is 12.6 Å². The van der Waals surface area contributed by atoms with Crippen molar-refractivity contribution in [2.75, 3.05) is 13.2 Å². The van der Waals surface area contributed by atoms with Crippen molar-refractivity contribution in [2.24, 2.45) is 0 Å². The maximum Gasteiger partial charge on any atom is 0.199 e. The molecule has 17 heavy (non-hydrogen) atoms. The predicted octanol–water partition coefficient (Wildman–Crippen LogP) is 2.71. The van der Waals surface area contributed by atoms with Gasteiger partial charge in [-0.25, -0.2) is 0 Å². The molecule has 0 aliphatic carbocycles. The molecular formula is C13H20O4. The number of unbranched alkanes of at least 4 members (excludes halogenated alkanes) is 2. The van der Waals surface area contributed by atoms with Crippen LogP contribution in [0.2, 0.25) is 0 Å². The standard InChI is InChI=1S/C13H20O4/c1-10-8-14-12(16-10)6-4-3-5-7-13-15-9-11(2)17-13/h12-13H,1-9H2. The van der Waals surface area contributed by atoms with Crippen molar-refractivity contribution in [3.05, 3.63) is 24.7 Å². The van der Waals surface area contributed by atoms with Gasteiger partial charge in [0, 0.05) is 12.8 Å². The van der Waals surface area contributed by atoms with E-state index in [0.29, 0.717) is 13.2 Å². The Bertz CT molecular complexity index is 259. The summed E-state index contributed by atoms with van der Waals surface area (Å²) >= 11 is 0. The van der Waals surface area contributed by atoms with Crippen LogP contribution in [0.15, 0.2) is 24.7 Å². The summed E-state index contributed by atoms with van der Waals surface area (Å²) in [7, 11) is 0. The summed E-state index contributed by atoms with van der Waals surface area (Å²) in [6, 6.07) is 0. The van der Waals surface area contributed by atoms with E-state index < -0.39 is 0 Å². The van der Waals surface area contributed by atoms with Crippen LogP contribution in [0.25, 0.3) is 0 Å². The Kier molecular flexibility index (Phi) is 4.45. The van der Waals surface area contributed by atoms with Gasteiger partial charge in [0.05, 0.1) is 0 Å². The van der Waals surface area contributed by atoms with Gasteiger partial charge in [-0.2, -0.15) is 0 Å². The van der Waals surface area contributed by atoms with Gasteiger partial charge in [0.1, 0.15) is 24.7 Å². The lowest BCUT2D eigenvalue weighted by atomic mass is 10.1. The lowest BCUT2D eigenvalue weighted by molar-refractivity contribution is -0.0429. The minimum atomic E-state index is -0.0822. The van der Waals surface area contributed by atoms with Gasteiger partial charge in [0.25, 0.3) is 0 Å². The van der Waals surface area contributed by atoms with Crippen LogP contribution in [0.3, 0.4) is 0 Å². The van der Waals surface area contributed by atoms with Gasteiger partial charge in [0.2, 0.25) is 0 Å². The number of hydrogen-bond acceptors (Lipinski definition) is 4. The molecule has 2 aliphatic heterocycles. The summed E-state index contributed by atoms with van der Waals surface area (Å²) in [5.41, 5.74) is 0. The fraction of sp³-hybridized carbons (Fsp3) is 0.692. The molecule has 0 spiro atoms. The monoisotopic (exact) mass is 240 g/mol. The van der Waals surface area contributed by atoms with E-state index in [9.17, 15) is 0 Å². The highest BCUT2D eigenvalue weighted by Crippen LogP contribution is 2.21. The van der Waals surface area contributed by atoms with Crippen molar-refractivity contribution < 1.29 is 18.9 Å². The molecule has 0 aromatic heterocycles. The Labute approximate surface area is 102 Å². The van der Waals surface area contributed by atoms with Crippen molar-refractivity contribution >= 4 is 0 Å². The maximum absolute atomic E-state index is 5.38. The van der Waals surface area contributed by atoms with E-state index in [-0.39, 0.29) is 12.6 Å². The van der Waals surface area contributed by atoms with Gasteiger partial charge < -0.3 is 18.9 Å². The maximum atomic E-state index is 5.38. The number of rotatable bonds is 6. The Morgan fingerprint density at radius 1 is 0.824 bits per heavy atom. The third kappa shape index (κ3) is 4.06. The smallest absolute Gasteiger partial charge is 0.199 e. The molecule has 2 fully saturated rings. The Morgan fingerprint density at radius 3 is 1.65 bits per heavy atom. The van der Waals surface area contributed by atoms with Crippen LogP contribution in [0.1, 0.15) is 32.1 Å². The van der Waals surface area contributed by atoms with Crippen molar-refractivity contribution in [1.29, 1.82) is 0 Å². The lowest BCUT2D eigenvalue weighted by Gasteiger charge is -2.10. The van der Waals surface area contributed by atoms with Crippen molar-refractivity contribution in [1.82, 2.24) is 0 Å². The minimum absolute atomic E-state index is 0.0822. The first kappa shape index (κ1) is 12.5. The first-order chi connectivity index (χ1) is 8.24. The Hall–Kier alpha value is -1.00. The molecule has 4 heteroatoms. The second-order valence-electron chi connectivity index (χ2n) is 4.43. The zero-order valence-electron chi connectivity index (χ0n) is 10.2. The van der Waals surface area contributed by atoms with Crippen molar-refractivity contribution in [3.8, 4) is 0 Å². The summed E-state index contributed by atoms with van der Waals surface area (Å²) in [6.07, 6.45) is 5.00. The molecule has 0 saturated carbocycles. The molecule has 2 saturated heterocycles. The second-order valence-corrected chi connectivity index (χ2v) is 4.43. The van der Waals surface area contributed by atoms with E-state index >= 15 is 0 Å². The fourth-order valence-corrected chi connectivity index (χ4v) is 1.96. The molecule has 0 amide bonds. The summed E-state index contributed by atoms with van der Waals surface area (Å²) < 4.78 is 21.5. The van der Waals surface area contributed by atoms with Crippen LogP contribution in [-0.2, 0) is 18.9 Å². The number of ether oxygens (including phenoxy) is 4. The van der Waals surface area contributed by atoms with Crippen LogP contribution in [0.4, 0.5) is 0 Å². The predicted molar refractivity (Wildman–Crippen MR) is 63.0 cm³/mol. The van der Waals surface area contributed by atoms with E-state index in [0.717, 1.165) is 43.6 Å². The van der Waals surface area contributed by atoms with Crippen LogP contribution >= 0.6 is 0 Å².